The van der Waals surface area contributed by atoms with Gasteiger partial charge in [0.25, 0.3) is 10.0 Å². The van der Waals surface area contributed by atoms with Gasteiger partial charge in [-0.25, -0.2) is 16.8 Å². The van der Waals surface area contributed by atoms with Gasteiger partial charge in [0, 0.05) is 6.54 Å². The van der Waals surface area contributed by atoms with Gasteiger partial charge in [-0.3, -0.25) is 9.03 Å². The molecule has 2 aromatic rings. The van der Waals surface area contributed by atoms with Gasteiger partial charge in [-0.15, -0.1) is 0 Å². The van der Waals surface area contributed by atoms with Gasteiger partial charge in [-0.05, 0) is 74.6 Å². The number of sulfonamides is 2. The molecule has 0 unspecified atom stereocenters. The van der Waals surface area contributed by atoms with E-state index in [-0.39, 0.29) is 10.6 Å². The highest BCUT2D eigenvalue weighted by Gasteiger charge is 2.29. The van der Waals surface area contributed by atoms with Crippen LogP contribution in [0.15, 0.2) is 35.2 Å². The Balaban J connectivity index is 2.01. The second kappa shape index (κ2) is 7.87. The fraction of sp³-hybridized carbons (Fsp3) is 0.400. The molecule has 0 saturated carbocycles. The number of rotatable bonds is 5. The molecule has 0 aromatic heterocycles. The van der Waals surface area contributed by atoms with Crippen LogP contribution in [-0.2, 0) is 20.0 Å². The smallest absolute Gasteiger partial charge is 0.262 e. The molecule has 2 aromatic carbocycles. The molecule has 3 rings (SSSR count). The lowest BCUT2D eigenvalue weighted by atomic mass is 10.1. The molecule has 1 heterocycles. The van der Waals surface area contributed by atoms with Crippen molar-refractivity contribution in [2.24, 2.45) is 0 Å². The van der Waals surface area contributed by atoms with Crippen LogP contribution in [-0.4, -0.2) is 36.2 Å². The average molecular weight is 439 g/mol. The number of nitrogens with one attached hydrogen (secondary N) is 1. The fourth-order valence-electron chi connectivity index (χ4n) is 3.49. The Bertz CT molecular complexity index is 1140. The summed E-state index contributed by atoms with van der Waals surface area (Å²) in [6.07, 6.45) is 1.43. The van der Waals surface area contributed by atoms with Crippen molar-refractivity contribution >= 4 is 31.4 Å². The van der Waals surface area contributed by atoms with E-state index in [1.807, 2.05) is 13.0 Å². The molecular formula is C20H26N2O5S2. The van der Waals surface area contributed by atoms with Gasteiger partial charge in [0.05, 0.1) is 29.1 Å². The van der Waals surface area contributed by atoms with Crippen molar-refractivity contribution in [1.82, 2.24) is 0 Å². The molecule has 1 aliphatic heterocycles. The number of benzene rings is 2. The number of methoxy groups -OCH3 is 1. The molecule has 1 aliphatic rings. The molecule has 7 nitrogen and oxygen atoms in total. The van der Waals surface area contributed by atoms with E-state index in [0.717, 1.165) is 12.0 Å². The van der Waals surface area contributed by atoms with E-state index in [0.29, 0.717) is 41.2 Å². The second-order valence-electron chi connectivity index (χ2n) is 7.31. The van der Waals surface area contributed by atoms with Crippen molar-refractivity contribution in [1.29, 1.82) is 0 Å². The van der Waals surface area contributed by atoms with Crippen LogP contribution in [0.4, 0.5) is 11.4 Å². The van der Waals surface area contributed by atoms with E-state index in [2.05, 4.69) is 4.72 Å². The molecule has 0 atom stereocenters. The minimum absolute atomic E-state index is 0.108. The van der Waals surface area contributed by atoms with Gasteiger partial charge >= 0.3 is 0 Å². The number of hydrogen-bond acceptors (Lipinski definition) is 5. The number of aryl methyl sites for hydroxylation is 3. The van der Waals surface area contributed by atoms with Crippen molar-refractivity contribution in [3.05, 3.63) is 47.0 Å². The van der Waals surface area contributed by atoms with E-state index in [4.69, 9.17) is 4.74 Å². The summed E-state index contributed by atoms with van der Waals surface area (Å²) in [7, 11) is -5.79. The molecule has 158 valence electrons. The zero-order chi connectivity index (χ0) is 21.4. The van der Waals surface area contributed by atoms with Crippen molar-refractivity contribution in [2.75, 3.05) is 28.4 Å². The third-order valence-corrected chi connectivity index (χ3v) is 8.36. The molecule has 9 heteroatoms. The van der Waals surface area contributed by atoms with Crippen molar-refractivity contribution in [2.45, 2.75) is 38.5 Å². The molecule has 0 amide bonds. The van der Waals surface area contributed by atoms with E-state index >= 15 is 0 Å². The van der Waals surface area contributed by atoms with Crippen LogP contribution in [0.3, 0.4) is 0 Å². The van der Waals surface area contributed by atoms with Gasteiger partial charge in [0.2, 0.25) is 10.0 Å². The van der Waals surface area contributed by atoms with Gasteiger partial charge < -0.3 is 4.74 Å². The predicted octanol–water partition coefficient (Wildman–Crippen LogP) is 3.35. The van der Waals surface area contributed by atoms with Crippen LogP contribution in [0, 0.1) is 20.8 Å². The number of ether oxygens (including phenoxy) is 1. The van der Waals surface area contributed by atoms with Crippen LogP contribution >= 0.6 is 0 Å². The lowest BCUT2D eigenvalue weighted by Crippen LogP contribution is -2.38. The molecule has 0 radical (unpaired) electrons. The lowest BCUT2D eigenvalue weighted by Gasteiger charge is -2.30. The third kappa shape index (κ3) is 4.35. The summed E-state index contributed by atoms with van der Waals surface area (Å²) in [4.78, 5) is 0.108. The van der Waals surface area contributed by atoms with Crippen molar-refractivity contribution < 1.29 is 21.6 Å². The van der Waals surface area contributed by atoms with Crippen LogP contribution in [0.2, 0.25) is 0 Å². The van der Waals surface area contributed by atoms with Crippen LogP contribution in [0.25, 0.3) is 0 Å². The normalized spacial score (nSPS) is 16.5. The van der Waals surface area contributed by atoms with Crippen LogP contribution < -0.4 is 13.8 Å². The minimum Gasteiger partial charge on any atom is -0.495 e. The molecule has 1 saturated heterocycles. The molecule has 1 N–H and O–H groups in total. The Labute approximate surface area is 172 Å². The monoisotopic (exact) mass is 438 g/mol. The maximum atomic E-state index is 13.1. The molecule has 29 heavy (non-hydrogen) atoms. The van der Waals surface area contributed by atoms with E-state index in [9.17, 15) is 16.8 Å². The number of nitrogens with zero attached hydrogens (tertiary/aromatic N) is 1. The van der Waals surface area contributed by atoms with Gasteiger partial charge in [-0.1, -0.05) is 6.07 Å². The maximum Gasteiger partial charge on any atom is 0.262 e. The molecule has 0 spiro atoms. The summed E-state index contributed by atoms with van der Waals surface area (Å²) >= 11 is 0. The summed E-state index contributed by atoms with van der Waals surface area (Å²) in [5, 5.41) is 0. The maximum absolute atomic E-state index is 13.1. The Hall–Kier alpha value is -2.26. The summed E-state index contributed by atoms with van der Waals surface area (Å²) in [6, 6.07) is 8.41. The summed E-state index contributed by atoms with van der Waals surface area (Å²) in [6.45, 7) is 5.67. The minimum atomic E-state index is -3.89. The molecule has 0 bridgehead atoms. The largest absolute Gasteiger partial charge is 0.495 e. The first-order valence-corrected chi connectivity index (χ1v) is 12.4. The average Bonchev–Trinajstić information content (AvgIpc) is 2.63. The quantitative estimate of drug-likeness (QED) is 0.773. The Morgan fingerprint density at radius 2 is 1.76 bits per heavy atom. The standard InChI is InChI=1S/C20H26N2O5S2/c1-14-7-8-19(27-4)17(11-14)21-29(25,26)20-13-15(2)18(12-16(20)3)22-9-5-6-10-28(22,23)24/h7-8,11-13,21H,5-6,9-10H2,1-4H3. The lowest BCUT2D eigenvalue weighted by molar-refractivity contribution is 0.417. The summed E-state index contributed by atoms with van der Waals surface area (Å²) in [5.74, 6) is 0.532. The third-order valence-electron chi connectivity index (χ3n) is 5.00. The summed E-state index contributed by atoms with van der Waals surface area (Å²) in [5.41, 5.74) is 2.85. The summed E-state index contributed by atoms with van der Waals surface area (Å²) < 4.78 is 60.3. The first kappa shape index (κ1) is 21.4. The van der Waals surface area contributed by atoms with E-state index in [1.165, 1.54) is 17.5 Å². The van der Waals surface area contributed by atoms with Gasteiger partial charge in [0.15, 0.2) is 0 Å². The SMILES string of the molecule is COc1ccc(C)cc1NS(=O)(=O)c1cc(C)c(N2CCCCS2(=O)=O)cc1C. The van der Waals surface area contributed by atoms with Gasteiger partial charge in [-0.2, -0.15) is 0 Å². The fourth-order valence-corrected chi connectivity index (χ4v) is 6.56. The highest BCUT2D eigenvalue weighted by Crippen LogP contribution is 2.33. The van der Waals surface area contributed by atoms with Gasteiger partial charge in [0.1, 0.15) is 5.75 Å². The zero-order valence-electron chi connectivity index (χ0n) is 17.0. The van der Waals surface area contributed by atoms with E-state index in [1.54, 1.807) is 32.0 Å². The van der Waals surface area contributed by atoms with Crippen molar-refractivity contribution in [3.63, 3.8) is 0 Å². The molecule has 0 aliphatic carbocycles. The number of hydrogen-bond donors (Lipinski definition) is 1. The predicted molar refractivity (Wildman–Crippen MR) is 115 cm³/mol. The second-order valence-corrected chi connectivity index (χ2v) is 11.0. The topological polar surface area (TPSA) is 92.8 Å². The Morgan fingerprint density at radius 3 is 2.41 bits per heavy atom. The highest BCUT2D eigenvalue weighted by atomic mass is 32.2. The first-order chi connectivity index (χ1) is 13.5. The Morgan fingerprint density at radius 1 is 1.03 bits per heavy atom. The van der Waals surface area contributed by atoms with Crippen LogP contribution in [0.1, 0.15) is 29.5 Å². The van der Waals surface area contributed by atoms with Crippen molar-refractivity contribution in [3.8, 4) is 5.75 Å². The number of anilines is 2. The Kier molecular flexibility index (Phi) is 5.82. The zero-order valence-corrected chi connectivity index (χ0v) is 18.7. The molecular weight excluding hydrogens is 412 g/mol. The highest BCUT2D eigenvalue weighted by molar-refractivity contribution is 7.93. The van der Waals surface area contributed by atoms with E-state index < -0.39 is 20.0 Å². The molecule has 1 fully saturated rings. The first-order valence-electron chi connectivity index (χ1n) is 9.34. The van der Waals surface area contributed by atoms with Crippen LogP contribution in [0.5, 0.6) is 5.75 Å².